The largest absolute Gasteiger partial charge is 0.276 e. The van der Waals surface area contributed by atoms with E-state index in [1.54, 1.807) is 0 Å². The molecule has 3 N–H and O–H groups in total. The molecule has 0 saturated heterocycles. The van der Waals surface area contributed by atoms with Crippen molar-refractivity contribution in [3.05, 3.63) is 53.3 Å². The van der Waals surface area contributed by atoms with Crippen molar-refractivity contribution in [2.75, 3.05) is 0 Å². The molecule has 0 radical (unpaired) electrons. The van der Waals surface area contributed by atoms with Crippen LogP contribution in [-0.2, 0) is 19.9 Å². The summed E-state index contributed by atoms with van der Waals surface area (Å²) in [6, 6.07) is 11.1. The molecular formula is C16H22N4. The first-order valence-corrected chi connectivity index (χ1v) is 7.30. The SMILES string of the molecule is Cn1ccc(CC(NN)C2CCCc3ccccc32)n1. The molecule has 1 aromatic heterocycles. The quantitative estimate of drug-likeness (QED) is 0.659. The van der Waals surface area contributed by atoms with Crippen molar-refractivity contribution in [1.29, 1.82) is 0 Å². The van der Waals surface area contributed by atoms with Crippen LogP contribution in [0.5, 0.6) is 0 Å². The van der Waals surface area contributed by atoms with Crippen LogP contribution in [0.4, 0.5) is 0 Å². The van der Waals surface area contributed by atoms with E-state index in [1.165, 1.54) is 30.4 Å². The lowest BCUT2D eigenvalue weighted by atomic mass is 9.78. The van der Waals surface area contributed by atoms with Gasteiger partial charge in [-0.2, -0.15) is 5.10 Å². The van der Waals surface area contributed by atoms with Crippen LogP contribution in [0, 0.1) is 0 Å². The van der Waals surface area contributed by atoms with Crippen molar-refractivity contribution < 1.29 is 0 Å². The Kier molecular flexibility index (Phi) is 3.85. The van der Waals surface area contributed by atoms with Crippen molar-refractivity contribution >= 4 is 0 Å². The molecular weight excluding hydrogens is 248 g/mol. The summed E-state index contributed by atoms with van der Waals surface area (Å²) in [5.41, 5.74) is 7.05. The second-order valence-corrected chi connectivity index (χ2v) is 5.66. The molecule has 0 spiro atoms. The number of aryl methyl sites for hydroxylation is 2. The zero-order valence-electron chi connectivity index (χ0n) is 11.9. The molecule has 1 aliphatic carbocycles. The lowest BCUT2D eigenvalue weighted by molar-refractivity contribution is 0.392. The van der Waals surface area contributed by atoms with E-state index in [9.17, 15) is 0 Å². The summed E-state index contributed by atoms with van der Waals surface area (Å²) in [5.74, 6) is 6.31. The Bertz CT molecular complexity index is 575. The number of rotatable bonds is 4. The van der Waals surface area contributed by atoms with Crippen molar-refractivity contribution in [1.82, 2.24) is 15.2 Å². The van der Waals surface area contributed by atoms with Gasteiger partial charge in [0.1, 0.15) is 0 Å². The van der Waals surface area contributed by atoms with Gasteiger partial charge in [-0.1, -0.05) is 24.3 Å². The summed E-state index contributed by atoms with van der Waals surface area (Å²) in [5, 5.41) is 4.47. The topological polar surface area (TPSA) is 55.9 Å². The third kappa shape index (κ3) is 2.62. The zero-order valence-corrected chi connectivity index (χ0v) is 11.9. The summed E-state index contributed by atoms with van der Waals surface area (Å²) in [6.45, 7) is 0. The Morgan fingerprint density at radius 1 is 1.40 bits per heavy atom. The van der Waals surface area contributed by atoms with Crippen molar-refractivity contribution in [2.24, 2.45) is 12.9 Å². The minimum absolute atomic E-state index is 0.242. The molecule has 4 heteroatoms. The third-order valence-corrected chi connectivity index (χ3v) is 4.31. The maximum absolute atomic E-state index is 5.83. The molecule has 2 aromatic rings. The predicted molar refractivity (Wildman–Crippen MR) is 80.1 cm³/mol. The molecule has 1 aliphatic rings. The highest BCUT2D eigenvalue weighted by atomic mass is 15.3. The number of fused-ring (bicyclic) bond motifs is 1. The average Bonchev–Trinajstić information content (AvgIpc) is 2.89. The monoisotopic (exact) mass is 270 g/mol. The van der Waals surface area contributed by atoms with E-state index in [0.717, 1.165) is 12.1 Å². The standard InChI is InChI=1S/C16H22N4/c1-20-10-9-13(19-20)11-16(18-17)15-8-4-6-12-5-2-3-7-14(12)15/h2-3,5,7,9-10,15-16,18H,4,6,8,11,17H2,1H3. The molecule has 20 heavy (non-hydrogen) atoms. The molecule has 2 unspecified atom stereocenters. The molecule has 1 aromatic carbocycles. The number of nitrogens with one attached hydrogen (secondary N) is 1. The molecule has 0 saturated carbocycles. The smallest absolute Gasteiger partial charge is 0.0640 e. The van der Waals surface area contributed by atoms with Gasteiger partial charge in [0.05, 0.1) is 5.69 Å². The highest BCUT2D eigenvalue weighted by Gasteiger charge is 2.27. The summed E-state index contributed by atoms with van der Waals surface area (Å²) in [4.78, 5) is 0. The molecule has 0 fully saturated rings. The van der Waals surface area contributed by atoms with Crippen molar-refractivity contribution in [3.63, 3.8) is 0 Å². The van der Waals surface area contributed by atoms with Crippen LogP contribution in [0.25, 0.3) is 0 Å². The Morgan fingerprint density at radius 3 is 3.00 bits per heavy atom. The minimum atomic E-state index is 0.242. The van der Waals surface area contributed by atoms with Crippen LogP contribution in [0.1, 0.15) is 35.6 Å². The lowest BCUT2D eigenvalue weighted by Gasteiger charge is -2.31. The molecule has 3 rings (SSSR count). The van der Waals surface area contributed by atoms with E-state index in [4.69, 9.17) is 5.84 Å². The first-order chi connectivity index (χ1) is 9.78. The van der Waals surface area contributed by atoms with Gasteiger partial charge < -0.3 is 0 Å². The van der Waals surface area contributed by atoms with Crippen LogP contribution in [-0.4, -0.2) is 15.8 Å². The minimum Gasteiger partial charge on any atom is -0.276 e. The fourth-order valence-electron chi connectivity index (χ4n) is 3.32. The van der Waals surface area contributed by atoms with E-state index in [0.29, 0.717) is 5.92 Å². The summed E-state index contributed by atoms with van der Waals surface area (Å²) in [7, 11) is 1.95. The van der Waals surface area contributed by atoms with Crippen LogP contribution in [0.3, 0.4) is 0 Å². The number of benzene rings is 1. The molecule has 0 aliphatic heterocycles. The molecule has 0 bridgehead atoms. The second-order valence-electron chi connectivity index (χ2n) is 5.66. The van der Waals surface area contributed by atoms with E-state index in [-0.39, 0.29) is 6.04 Å². The maximum Gasteiger partial charge on any atom is 0.0640 e. The van der Waals surface area contributed by atoms with E-state index < -0.39 is 0 Å². The van der Waals surface area contributed by atoms with Gasteiger partial charge in [-0.25, -0.2) is 0 Å². The van der Waals surface area contributed by atoms with Crippen LogP contribution in [0.2, 0.25) is 0 Å². The van der Waals surface area contributed by atoms with Crippen LogP contribution >= 0.6 is 0 Å². The molecule has 2 atom stereocenters. The van der Waals surface area contributed by atoms with Crippen molar-refractivity contribution in [2.45, 2.75) is 37.6 Å². The Morgan fingerprint density at radius 2 is 2.25 bits per heavy atom. The molecule has 1 heterocycles. The number of hydrogen-bond donors (Lipinski definition) is 2. The highest BCUT2D eigenvalue weighted by Crippen LogP contribution is 2.34. The van der Waals surface area contributed by atoms with Crippen LogP contribution < -0.4 is 11.3 Å². The first kappa shape index (κ1) is 13.3. The Hall–Kier alpha value is -1.65. The third-order valence-electron chi connectivity index (χ3n) is 4.31. The fourth-order valence-corrected chi connectivity index (χ4v) is 3.32. The normalized spacial score (nSPS) is 19.6. The predicted octanol–water partition coefficient (Wildman–Crippen LogP) is 1.91. The Labute approximate surface area is 120 Å². The first-order valence-electron chi connectivity index (χ1n) is 7.30. The second kappa shape index (κ2) is 5.77. The van der Waals surface area contributed by atoms with Gasteiger partial charge in [-0.15, -0.1) is 0 Å². The van der Waals surface area contributed by atoms with Gasteiger partial charge in [0, 0.05) is 31.6 Å². The van der Waals surface area contributed by atoms with Gasteiger partial charge >= 0.3 is 0 Å². The number of nitrogens with zero attached hydrogens (tertiary/aromatic N) is 2. The maximum atomic E-state index is 5.83. The van der Waals surface area contributed by atoms with Crippen molar-refractivity contribution in [3.8, 4) is 0 Å². The van der Waals surface area contributed by atoms with Gasteiger partial charge in [0.25, 0.3) is 0 Å². The Balaban J connectivity index is 1.83. The van der Waals surface area contributed by atoms with Gasteiger partial charge in [-0.3, -0.25) is 16.0 Å². The number of hydrogen-bond acceptors (Lipinski definition) is 3. The van der Waals surface area contributed by atoms with E-state index in [1.807, 2.05) is 17.9 Å². The molecule has 106 valence electrons. The fraction of sp³-hybridized carbons (Fsp3) is 0.438. The number of nitrogens with two attached hydrogens (primary N) is 1. The molecule has 4 nitrogen and oxygen atoms in total. The highest BCUT2D eigenvalue weighted by molar-refractivity contribution is 5.34. The summed E-state index contributed by atoms with van der Waals surface area (Å²) in [6.07, 6.45) is 6.47. The van der Waals surface area contributed by atoms with Gasteiger partial charge in [0.15, 0.2) is 0 Å². The lowest BCUT2D eigenvalue weighted by Crippen LogP contribution is -2.42. The van der Waals surface area contributed by atoms with E-state index >= 15 is 0 Å². The van der Waals surface area contributed by atoms with Gasteiger partial charge in [0.2, 0.25) is 0 Å². The van der Waals surface area contributed by atoms with Crippen LogP contribution in [0.15, 0.2) is 36.5 Å². The zero-order chi connectivity index (χ0) is 13.9. The molecule has 0 amide bonds. The van der Waals surface area contributed by atoms with Gasteiger partial charge in [-0.05, 0) is 36.5 Å². The average molecular weight is 270 g/mol. The summed E-state index contributed by atoms with van der Waals surface area (Å²) >= 11 is 0. The number of aromatic nitrogens is 2. The summed E-state index contributed by atoms with van der Waals surface area (Å²) < 4.78 is 1.84. The number of hydrazine groups is 1. The van der Waals surface area contributed by atoms with E-state index in [2.05, 4.69) is 40.9 Å².